The normalized spacial score (nSPS) is 9.21. The molecule has 72 valence electrons. The minimum atomic E-state index is 0.147. The van der Waals surface area contributed by atoms with Crippen LogP contribution >= 0.6 is 12.2 Å². The molecule has 0 aliphatic heterocycles. The molecule has 0 fully saturated rings. The van der Waals surface area contributed by atoms with Crippen molar-refractivity contribution >= 4 is 28.8 Å². The molecule has 2 nitrogen and oxygen atoms in total. The zero-order valence-corrected chi connectivity index (χ0v) is 8.80. The molecule has 0 saturated carbocycles. The summed E-state index contributed by atoms with van der Waals surface area (Å²) in [5.41, 5.74) is 1.38. The van der Waals surface area contributed by atoms with Crippen molar-refractivity contribution in [2.45, 2.75) is 19.8 Å². The maximum absolute atomic E-state index is 11.5. The Balaban J connectivity index is 2.93. The summed E-state index contributed by atoms with van der Waals surface area (Å²) in [5.74, 6) is 0.147. The fraction of sp³-hybridized carbons (Fsp3) is 0.273. The van der Waals surface area contributed by atoms with Crippen molar-refractivity contribution in [3.05, 3.63) is 29.8 Å². The van der Waals surface area contributed by atoms with Gasteiger partial charge in [0.2, 0.25) is 0 Å². The second-order valence-corrected chi connectivity index (χ2v) is 3.11. The van der Waals surface area contributed by atoms with E-state index in [-0.39, 0.29) is 5.78 Å². The highest BCUT2D eigenvalue weighted by molar-refractivity contribution is 7.78. The van der Waals surface area contributed by atoms with E-state index >= 15 is 0 Å². The third-order valence-electron chi connectivity index (χ3n) is 1.82. The van der Waals surface area contributed by atoms with Gasteiger partial charge in [-0.25, -0.2) is 0 Å². The van der Waals surface area contributed by atoms with Crippen LogP contribution in [0.1, 0.15) is 30.1 Å². The average molecular weight is 205 g/mol. The van der Waals surface area contributed by atoms with E-state index in [1.54, 1.807) is 24.3 Å². The molecule has 14 heavy (non-hydrogen) atoms. The van der Waals surface area contributed by atoms with Gasteiger partial charge in [0.25, 0.3) is 0 Å². The van der Waals surface area contributed by atoms with Gasteiger partial charge in [0.1, 0.15) is 0 Å². The van der Waals surface area contributed by atoms with Crippen LogP contribution in [0.3, 0.4) is 0 Å². The van der Waals surface area contributed by atoms with Gasteiger partial charge in [-0.05, 0) is 30.8 Å². The first-order chi connectivity index (χ1) is 6.77. The van der Waals surface area contributed by atoms with Gasteiger partial charge in [-0.2, -0.15) is 4.99 Å². The third kappa shape index (κ3) is 2.87. The summed E-state index contributed by atoms with van der Waals surface area (Å²) in [4.78, 5) is 15.3. The first-order valence-corrected chi connectivity index (χ1v) is 4.90. The number of hydrogen-bond acceptors (Lipinski definition) is 3. The fourth-order valence-electron chi connectivity index (χ4n) is 1.17. The maximum atomic E-state index is 11.5. The van der Waals surface area contributed by atoms with E-state index in [1.165, 1.54) is 0 Å². The van der Waals surface area contributed by atoms with Crippen molar-refractivity contribution in [3.8, 4) is 0 Å². The Bertz CT molecular complexity index is 381. The maximum Gasteiger partial charge on any atom is 0.162 e. The van der Waals surface area contributed by atoms with Crippen molar-refractivity contribution in [1.82, 2.24) is 0 Å². The number of rotatable bonds is 4. The van der Waals surface area contributed by atoms with Gasteiger partial charge in [0.05, 0.1) is 10.8 Å². The second kappa shape index (κ2) is 5.43. The molecule has 1 rings (SSSR count). The summed E-state index contributed by atoms with van der Waals surface area (Å²) in [7, 11) is 0. The predicted molar refractivity (Wildman–Crippen MR) is 60.4 cm³/mol. The third-order valence-corrected chi connectivity index (χ3v) is 1.91. The summed E-state index contributed by atoms with van der Waals surface area (Å²) < 4.78 is 0. The molecule has 3 heteroatoms. The summed E-state index contributed by atoms with van der Waals surface area (Å²) in [5, 5.41) is 2.28. The lowest BCUT2D eigenvalue weighted by Crippen LogP contribution is -1.96. The Hall–Kier alpha value is -1.31. The highest BCUT2D eigenvalue weighted by Crippen LogP contribution is 2.15. The van der Waals surface area contributed by atoms with Crippen LogP contribution in [0.5, 0.6) is 0 Å². The number of benzene rings is 1. The summed E-state index contributed by atoms with van der Waals surface area (Å²) in [6, 6.07) is 7.12. The first kappa shape index (κ1) is 10.8. The molecule has 0 unspecified atom stereocenters. The van der Waals surface area contributed by atoms with E-state index in [4.69, 9.17) is 0 Å². The van der Waals surface area contributed by atoms with Gasteiger partial charge in [0, 0.05) is 12.0 Å². The van der Waals surface area contributed by atoms with Crippen molar-refractivity contribution in [3.63, 3.8) is 0 Å². The van der Waals surface area contributed by atoms with E-state index in [2.05, 4.69) is 22.4 Å². The monoisotopic (exact) mass is 205 g/mol. The number of carbonyl (C=O) groups is 1. The SMILES string of the molecule is CCCC(=O)c1cccc(N=C=S)c1. The molecule has 0 heterocycles. The van der Waals surface area contributed by atoms with E-state index in [1.807, 2.05) is 6.92 Å². The van der Waals surface area contributed by atoms with E-state index in [0.717, 1.165) is 6.42 Å². The molecule has 0 saturated heterocycles. The quantitative estimate of drug-likeness (QED) is 0.428. The Morgan fingerprint density at radius 1 is 1.57 bits per heavy atom. The van der Waals surface area contributed by atoms with Crippen LogP contribution in [0, 0.1) is 0 Å². The van der Waals surface area contributed by atoms with Crippen molar-refractivity contribution in [1.29, 1.82) is 0 Å². The molecule has 0 aliphatic rings. The molecule has 0 N–H and O–H groups in total. The minimum Gasteiger partial charge on any atom is -0.294 e. The smallest absolute Gasteiger partial charge is 0.162 e. The number of aliphatic imine (C=N–C) groups is 1. The molecular formula is C11H11NOS. The number of ketones is 1. The van der Waals surface area contributed by atoms with Crippen LogP contribution in [0.15, 0.2) is 29.3 Å². The van der Waals surface area contributed by atoms with Crippen LogP contribution < -0.4 is 0 Å². The number of nitrogens with zero attached hydrogens (tertiary/aromatic N) is 1. The van der Waals surface area contributed by atoms with Gasteiger partial charge in [-0.3, -0.25) is 4.79 Å². The lowest BCUT2D eigenvalue weighted by Gasteiger charge is -1.99. The molecule has 1 aromatic carbocycles. The highest BCUT2D eigenvalue weighted by atomic mass is 32.1. The topological polar surface area (TPSA) is 29.4 Å². The van der Waals surface area contributed by atoms with Gasteiger partial charge in [-0.1, -0.05) is 19.1 Å². The molecule has 1 aromatic rings. The Labute approximate surface area is 88.7 Å². The van der Waals surface area contributed by atoms with Crippen LogP contribution in [-0.2, 0) is 0 Å². The van der Waals surface area contributed by atoms with Crippen molar-refractivity contribution in [2.75, 3.05) is 0 Å². The second-order valence-electron chi connectivity index (χ2n) is 2.93. The average Bonchev–Trinajstić information content (AvgIpc) is 2.19. The fourth-order valence-corrected chi connectivity index (χ4v) is 1.28. The number of Topliss-reactive ketones (excluding diaryl/α,β-unsaturated/α-hetero) is 1. The molecule has 0 aliphatic carbocycles. The molecule has 0 amide bonds. The zero-order chi connectivity index (χ0) is 10.4. The number of hydrogen-bond donors (Lipinski definition) is 0. The predicted octanol–water partition coefficient (Wildman–Crippen LogP) is 3.40. The standard InChI is InChI=1S/C11H11NOS/c1-2-4-11(13)9-5-3-6-10(7-9)12-8-14/h3,5-7H,2,4H2,1H3. The summed E-state index contributed by atoms with van der Waals surface area (Å²) in [6.45, 7) is 1.98. The lowest BCUT2D eigenvalue weighted by atomic mass is 10.1. The van der Waals surface area contributed by atoms with Crippen LogP contribution in [-0.4, -0.2) is 10.9 Å². The molecule has 0 radical (unpaired) electrons. The van der Waals surface area contributed by atoms with Gasteiger partial charge < -0.3 is 0 Å². The van der Waals surface area contributed by atoms with Gasteiger partial charge >= 0.3 is 0 Å². The molecule has 0 aromatic heterocycles. The van der Waals surface area contributed by atoms with Crippen molar-refractivity contribution in [2.24, 2.45) is 4.99 Å². The molecule has 0 atom stereocenters. The molecule has 0 bridgehead atoms. The van der Waals surface area contributed by atoms with Gasteiger partial charge in [0.15, 0.2) is 5.78 Å². The Kier molecular flexibility index (Phi) is 4.17. The van der Waals surface area contributed by atoms with Crippen molar-refractivity contribution < 1.29 is 4.79 Å². The Morgan fingerprint density at radius 2 is 2.36 bits per heavy atom. The van der Waals surface area contributed by atoms with E-state index in [0.29, 0.717) is 17.7 Å². The van der Waals surface area contributed by atoms with Crippen LogP contribution in [0.25, 0.3) is 0 Å². The first-order valence-electron chi connectivity index (χ1n) is 4.49. The zero-order valence-electron chi connectivity index (χ0n) is 7.99. The molecule has 0 spiro atoms. The summed E-state index contributed by atoms with van der Waals surface area (Å²) in [6.07, 6.45) is 1.43. The minimum absolute atomic E-state index is 0.147. The van der Waals surface area contributed by atoms with Crippen LogP contribution in [0.2, 0.25) is 0 Å². The van der Waals surface area contributed by atoms with Gasteiger partial charge in [-0.15, -0.1) is 0 Å². The number of thiocarbonyl (C=S) groups is 1. The largest absolute Gasteiger partial charge is 0.294 e. The summed E-state index contributed by atoms with van der Waals surface area (Å²) >= 11 is 4.49. The number of isothiocyanates is 1. The van der Waals surface area contributed by atoms with E-state index < -0.39 is 0 Å². The Morgan fingerprint density at radius 3 is 3.00 bits per heavy atom. The van der Waals surface area contributed by atoms with E-state index in [9.17, 15) is 4.79 Å². The highest BCUT2D eigenvalue weighted by Gasteiger charge is 2.04. The number of carbonyl (C=O) groups excluding carboxylic acids is 1. The molecular weight excluding hydrogens is 194 g/mol. The van der Waals surface area contributed by atoms with Crippen LogP contribution in [0.4, 0.5) is 5.69 Å². The lowest BCUT2D eigenvalue weighted by molar-refractivity contribution is 0.0982.